The summed E-state index contributed by atoms with van der Waals surface area (Å²) in [7, 11) is 0. The molecule has 138 valence electrons. The summed E-state index contributed by atoms with van der Waals surface area (Å²) in [6, 6.07) is 19.2. The molecule has 0 N–H and O–H groups in total. The Morgan fingerprint density at radius 1 is 1.04 bits per heavy atom. The van der Waals surface area contributed by atoms with Crippen molar-refractivity contribution in [1.82, 2.24) is 4.98 Å². The molecule has 0 amide bonds. The van der Waals surface area contributed by atoms with Gasteiger partial charge in [-0.25, -0.2) is 9.37 Å². The Kier molecular flexibility index (Phi) is 5.91. The van der Waals surface area contributed by atoms with Crippen LogP contribution in [-0.4, -0.2) is 11.0 Å². The van der Waals surface area contributed by atoms with Gasteiger partial charge in [0, 0.05) is 16.5 Å². The number of rotatable bonds is 6. The maximum absolute atomic E-state index is 13.0. The van der Waals surface area contributed by atoms with Gasteiger partial charge in [-0.05, 0) is 48.0 Å². The standard InChI is InChI=1S/C22H20FNO2S/c1-22(2,15-21(25)26-17-12-10-16(23)11-13-17)18-7-3-4-8-19(18)27-20-9-5-6-14-24-20/h3-14H,15H2,1-2H3. The number of nitrogens with zero attached hydrogens (tertiary/aromatic N) is 1. The smallest absolute Gasteiger partial charge is 0.312 e. The number of hydrogen-bond acceptors (Lipinski definition) is 4. The topological polar surface area (TPSA) is 39.2 Å². The van der Waals surface area contributed by atoms with Gasteiger partial charge in [-0.1, -0.05) is 49.9 Å². The lowest BCUT2D eigenvalue weighted by molar-refractivity contribution is -0.135. The minimum absolute atomic E-state index is 0.199. The fourth-order valence-electron chi connectivity index (χ4n) is 2.76. The Labute approximate surface area is 162 Å². The second-order valence-electron chi connectivity index (χ2n) is 6.75. The van der Waals surface area contributed by atoms with Crippen molar-refractivity contribution in [2.75, 3.05) is 0 Å². The number of pyridine rings is 1. The zero-order valence-electron chi connectivity index (χ0n) is 15.2. The molecule has 0 unspecified atom stereocenters. The molecule has 0 atom stereocenters. The Balaban J connectivity index is 1.76. The first kappa shape index (κ1) is 19.1. The molecule has 3 aromatic rings. The highest BCUT2D eigenvalue weighted by Gasteiger charge is 2.28. The second-order valence-corrected chi connectivity index (χ2v) is 7.82. The highest BCUT2D eigenvalue weighted by molar-refractivity contribution is 7.99. The first-order valence-electron chi connectivity index (χ1n) is 8.59. The van der Waals surface area contributed by atoms with Crippen LogP contribution in [0.25, 0.3) is 0 Å². The fraction of sp³-hybridized carbons (Fsp3) is 0.182. The van der Waals surface area contributed by atoms with Crippen LogP contribution >= 0.6 is 11.8 Å². The molecule has 0 aliphatic carbocycles. The van der Waals surface area contributed by atoms with Crippen LogP contribution in [0, 0.1) is 5.82 Å². The van der Waals surface area contributed by atoms with Crippen molar-refractivity contribution in [3.63, 3.8) is 0 Å². The van der Waals surface area contributed by atoms with Crippen LogP contribution in [0.5, 0.6) is 5.75 Å². The van der Waals surface area contributed by atoms with E-state index in [9.17, 15) is 9.18 Å². The van der Waals surface area contributed by atoms with E-state index in [1.54, 1.807) is 18.0 Å². The van der Waals surface area contributed by atoms with Crippen molar-refractivity contribution >= 4 is 17.7 Å². The summed E-state index contributed by atoms with van der Waals surface area (Å²) in [5.41, 5.74) is 0.617. The number of carbonyl (C=O) groups is 1. The quantitative estimate of drug-likeness (QED) is 0.409. The summed E-state index contributed by atoms with van der Waals surface area (Å²) in [6.07, 6.45) is 1.96. The molecule has 0 saturated heterocycles. The van der Waals surface area contributed by atoms with Crippen molar-refractivity contribution in [2.24, 2.45) is 0 Å². The number of hydrogen-bond donors (Lipinski definition) is 0. The maximum atomic E-state index is 13.0. The molecule has 3 nitrogen and oxygen atoms in total. The van der Waals surface area contributed by atoms with Gasteiger partial charge in [-0.2, -0.15) is 0 Å². The van der Waals surface area contributed by atoms with E-state index in [1.165, 1.54) is 24.3 Å². The normalized spacial score (nSPS) is 11.2. The average Bonchev–Trinajstić information content (AvgIpc) is 2.64. The Bertz CT molecular complexity index is 911. The van der Waals surface area contributed by atoms with E-state index in [-0.39, 0.29) is 18.2 Å². The van der Waals surface area contributed by atoms with Gasteiger partial charge in [0.2, 0.25) is 0 Å². The van der Waals surface area contributed by atoms with Gasteiger partial charge in [-0.3, -0.25) is 4.79 Å². The lowest BCUT2D eigenvalue weighted by atomic mass is 9.81. The SMILES string of the molecule is CC(C)(CC(=O)Oc1ccc(F)cc1)c1ccccc1Sc1ccccn1. The summed E-state index contributed by atoms with van der Waals surface area (Å²) < 4.78 is 18.4. The molecule has 1 aromatic heterocycles. The summed E-state index contributed by atoms with van der Waals surface area (Å²) in [4.78, 5) is 17.8. The van der Waals surface area contributed by atoms with Gasteiger partial charge < -0.3 is 4.74 Å². The Morgan fingerprint density at radius 2 is 1.74 bits per heavy atom. The first-order chi connectivity index (χ1) is 12.9. The van der Waals surface area contributed by atoms with Gasteiger partial charge in [0.15, 0.2) is 0 Å². The molecule has 0 saturated carbocycles. The van der Waals surface area contributed by atoms with Crippen LogP contribution in [0.1, 0.15) is 25.8 Å². The van der Waals surface area contributed by atoms with Crippen molar-refractivity contribution in [3.05, 3.63) is 84.3 Å². The molecule has 0 aliphatic heterocycles. The van der Waals surface area contributed by atoms with E-state index >= 15 is 0 Å². The molecule has 2 aromatic carbocycles. The van der Waals surface area contributed by atoms with Gasteiger partial charge >= 0.3 is 5.97 Å². The van der Waals surface area contributed by atoms with Crippen LogP contribution in [0.3, 0.4) is 0 Å². The third-order valence-corrected chi connectivity index (χ3v) is 5.13. The molecule has 3 rings (SSSR count). The van der Waals surface area contributed by atoms with Gasteiger partial charge in [0.1, 0.15) is 16.6 Å². The largest absolute Gasteiger partial charge is 0.427 e. The van der Waals surface area contributed by atoms with E-state index in [0.717, 1.165) is 15.5 Å². The van der Waals surface area contributed by atoms with E-state index in [2.05, 4.69) is 4.98 Å². The highest BCUT2D eigenvalue weighted by Crippen LogP contribution is 2.37. The summed E-state index contributed by atoms with van der Waals surface area (Å²) >= 11 is 1.57. The van der Waals surface area contributed by atoms with Crippen molar-refractivity contribution in [2.45, 2.75) is 35.6 Å². The zero-order chi connectivity index (χ0) is 19.3. The first-order valence-corrected chi connectivity index (χ1v) is 9.40. The number of aromatic nitrogens is 1. The molecule has 0 spiro atoms. The summed E-state index contributed by atoms with van der Waals surface area (Å²) in [5, 5.41) is 0.898. The van der Waals surface area contributed by atoms with Crippen LogP contribution in [0.15, 0.2) is 82.8 Å². The molecule has 0 bridgehead atoms. The van der Waals surface area contributed by atoms with Crippen LogP contribution < -0.4 is 4.74 Å². The zero-order valence-corrected chi connectivity index (χ0v) is 16.0. The van der Waals surface area contributed by atoms with E-state index in [4.69, 9.17) is 4.74 Å². The predicted molar refractivity (Wildman–Crippen MR) is 104 cm³/mol. The molecule has 0 aliphatic rings. The molecule has 1 heterocycles. The van der Waals surface area contributed by atoms with Crippen molar-refractivity contribution in [3.8, 4) is 5.75 Å². The van der Waals surface area contributed by atoms with Gasteiger partial charge in [-0.15, -0.1) is 0 Å². The number of halogens is 1. The summed E-state index contributed by atoms with van der Waals surface area (Å²) in [5.74, 6) is -0.381. The minimum Gasteiger partial charge on any atom is -0.427 e. The maximum Gasteiger partial charge on any atom is 0.312 e. The number of carbonyl (C=O) groups excluding carboxylic acids is 1. The van der Waals surface area contributed by atoms with Crippen molar-refractivity contribution in [1.29, 1.82) is 0 Å². The predicted octanol–water partition coefficient (Wildman–Crippen LogP) is 5.65. The van der Waals surface area contributed by atoms with E-state index in [1.807, 2.05) is 56.3 Å². The Morgan fingerprint density at radius 3 is 2.44 bits per heavy atom. The van der Waals surface area contributed by atoms with E-state index in [0.29, 0.717) is 5.75 Å². The van der Waals surface area contributed by atoms with Crippen LogP contribution in [-0.2, 0) is 10.2 Å². The lowest BCUT2D eigenvalue weighted by Crippen LogP contribution is -2.25. The lowest BCUT2D eigenvalue weighted by Gasteiger charge is -2.26. The Hall–Kier alpha value is -2.66. The van der Waals surface area contributed by atoms with Crippen LogP contribution in [0.2, 0.25) is 0 Å². The number of benzene rings is 2. The highest BCUT2D eigenvalue weighted by atomic mass is 32.2. The third-order valence-electron chi connectivity index (χ3n) is 4.10. The molecule has 27 heavy (non-hydrogen) atoms. The second kappa shape index (κ2) is 8.35. The molecule has 0 radical (unpaired) electrons. The van der Waals surface area contributed by atoms with Crippen molar-refractivity contribution < 1.29 is 13.9 Å². The average molecular weight is 381 g/mol. The van der Waals surface area contributed by atoms with Gasteiger partial charge in [0.25, 0.3) is 0 Å². The van der Waals surface area contributed by atoms with E-state index < -0.39 is 5.41 Å². The van der Waals surface area contributed by atoms with Crippen LogP contribution in [0.4, 0.5) is 4.39 Å². The molecular formula is C22H20FNO2S. The van der Waals surface area contributed by atoms with Gasteiger partial charge in [0.05, 0.1) is 6.42 Å². The minimum atomic E-state index is -0.435. The number of ether oxygens (including phenoxy) is 1. The fourth-order valence-corrected chi connectivity index (χ4v) is 3.85. The monoisotopic (exact) mass is 381 g/mol. The molecular weight excluding hydrogens is 361 g/mol. The molecule has 0 fully saturated rings. The molecule has 5 heteroatoms. The third kappa shape index (κ3) is 5.17. The number of esters is 1. The summed E-state index contributed by atoms with van der Waals surface area (Å²) in [6.45, 7) is 4.02.